The van der Waals surface area contributed by atoms with Crippen molar-refractivity contribution in [1.82, 2.24) is 5.32 Å². The Morgan fingerprint density at radius 2 is 1.96 bits per heavy atom. The summed E-state index contributed by atoms with van der Waals surface area (Å²) in [5.74, 6) is -1.67. The van der Waals surface area contributed by atoms with Gasteiger partial charge < -0.3 is 19.5 Å². The van der Waals surface area contributed by atoms with E-state index in [4.69, 9.17) is 34.4 Å². The number of nitrogens with two attached hydrogens (primary N) is 1. The molecular weight excluding hydrogens is 380 g/mol. The van der Waals surface area contributed by atoms with Gasteiger partial charge in [-0.3, -0.25) is 0 Å². The molecule has 3 N–H and O–H groups in total. The number of rotatable bonds is 11. The molecule has 28 heavy (non-hydrogen) atoms. The lowest BCUT2D eigenvalue weighted by Crippen LogP contribution is -2.32. The number of sulfonamides is 1. The Morgan fingerprint density at radius 3 is 2.61 bits per heavy atom. The lowest BCUT2D eigenvalue weighted by Gasteiger charge is -2.16. The van der Waals surface area contributed by atoms with E-state index in [-0.39, 0.29) is 17.1 Å². The molecule has 8 heteroatoms. The molecule has 0 saturated heterocycles. The Labute approximate surface area is 182 Å². The maximum absolute atomic E-state index is 11.9. The molecule has 0 amide bonds. The van der Waals surface area contributed by atoms with E-state index in [1.807, 2.05) is 0 Å². The third kappa shape index (κ3) is 6.40. The fourth-order valence-corrected chi connectivity index (χ4v) is 3.06. The van der Waals surface area contributed by atoms with Crippen molar-refractivity contribution in [3.63, 3.8) is 0 Å². The summed E-state index contributed by atoms with van der Waals surface area (Å²) >= 11 is 0. The molecule has 0 bridgehead atoms. The summed E-state index contributed by atoms with van der Waals surface area (Å²) in [4.78, 5) is -0.247. The zero-order valence-electron chi connectivity index (χ0n) is 26.3. The van der Waals surface area contributed by atoms with E-state index in [1.54, 1.807) is 13.0 Å². The Hall–Kier alpha value is -2.29. The number of hydrogen-bond donors (Lipinski definition) is 2. The summed E-state index contributed by atoms with van der Waals surface area (Å²) in [5, 5.41) is 7.84. The minimum absolute atomic E-state index is 0.0407. The van der Waals surface area contributed by atoms with Gasteiger partial charge in [-0.05, 0) is 50.0 Å². The van der Waals surface area contributed by atoms with Crippen molar-refractivity contribution >= 4 is 10.0 Å². The van der Waals surface area contributed by atoms with Crippen LogP contribution in [0.2, 0.25) is 0 Å². The molecule has 0 aliphatic rings. The highest BCUT2D eigenvalue weighted by molar-refractivity contribution is 7.89. The van der Waals surface area contributed by atoms with Crippen LogP contribution in [0, 0.1) is 0 Å². The number of methoxy groups -OCH3 is 1. The summed E-state index contributed by atoms with van der Waals surface area (Å²) < 4.78 is 124. The molecule has 2 aromatic carbocycles. The monoisotopic (exact) mass is 419 g/mol. The molecule has 0 aliphatic carbocycles. The van der Waals surface area contributed by atoms with Gasteiger partial charge in [-0.1, -0.05) is 18.2 Å². The molecule has 2 aromatic rings. The number of primary sulfonamides is 1. The maximum atomic E-state index is 11.9. The molecule has 154 valence electrons. The number of nitrogens with one attached hydrogen (secondary N) is 1. The first kappa shape index (κ1) is 11.0. The van der Waals surface area contributed by atoms with Crippen LogP contribution in [0.5, 0.6) is 17.2 Å². The van der Waals surface area contributed by atoms with Crippen LogP contribution in [0.4, 0.5) is 0 Å². The molecule has 2 rings (SSSR count). The zero-order valence-corrected chi connectivity index (χ0v) is 16.1. The van der Waals surface area contributed by atoms with Crippen LogP contribution in [0.1, 0.15) is 34.4 Å². The molecule has 0 heterocycles. The zero-order chi connectivity index (χ0) is 30.1. The first-order chi connectivity index (χ1) is 17.6. The quantitative estimate of drug-likeness (QED) is 0.580. The topological polar surface area (TPSA) is 99.9 Å². The lowest BCUT2D eigenvalue weighted by atomic mass is 10.1. The van der Waals surface area contributed by atoms with E-state index < -0.39 is 78.2 Å². The summed E-state index contributed by atoms with van der Waals surface area (Å²) in [7, 11) is -2.81. The molecule has 0 saturated carbocycles. The second kappa shape index (κ2) is 10.3. The fourth-order valence-electron chi connectivity index (χ4n) is 2.31. The number of hydrogen-bond acceptors (Lipinski definition) is 6. The second-order valence-electron chi connectivity index (χ2n) is 5.61. The van der Waals surface area contributed by atoms with Gasteiger partial charge in [-0.15, -0.1) is 0 Å². The largest absolute Gasteiger partial charge is 0.495 e. The Kier molecular flexibility index (Phi) is 4.06. The Bertz CT molecular complexity index is 1320. The SMILES string of the molecule is [2H]c1c([2H])c([2H])c(OC([2H])([2H])C([2H])([2H])[2H])c(OCC([2H])([2H])N[C@H](C)Cc2ccc(OC)c(S(N)(=O)=O)c2)c1[2H]. The molecule has 1 atom stereocenters. The van der Waals surface area contributed by atoms with Crippen molar-refractivity contribution in [2.24, 2.45) is 5.14 Å². The highest BCUT2D eigenvalue weighted by Gasteiger charge is 2.16. The highest BCUT2D eigenvalue weighted by Crippen LogP contribution is 2.26. The van der Waals surface area contributed by atoms with Gasteiger partial charge in [0, 0.05) is 19.4 Å². The molecule has 0 aromatic heterocycles. The Balaban J connectivity index is 2.28. The minimum atomic E-state index is -4.09. The highest BCUT2D eigenvalue weighted by atomic mass is 32.2. The van der Waals surface area contributed by atoms with E-state index in [0.29, 0.717) is 5.56 Å². The first-order valence-corrected chi connectivity index (χ1v) is 9.55. The molecule has 0 fully saturated rings. The number of benzene rings is 2. The maximum Gasteiger partial charge on any atom is 0.241 e. The van der Waals surface area contributed by atoms with E-state index in [9.17, 15) is 8.42 Å². The van der Waals surface area contributed by atoms with Gasteiger partial charge in [0.25, 0.3) is 0 Å². The van der Waals surface area contributed by atoms with Crippen molar-refractivity contribution in [1.29, 1.82) is 0 Å². The predicted molar refractivity (Wildman–Crippen MR) is 109 cm³/mol. The summed E-state index contributed by atoms with van der Waals surface area (Å²) in [6.07, 6.45) is 0.129. The van der Waals surface area contributed by atoms with Gasteiger partial charge in [-0.25, -0.2) is 13.6 Å². The number of ether oxygens (including phenoxy) is 3. The summed E-state index contributed by atoms with van der Waals surface area (Å²) in [6, 6.07) is 0.274. The van der Waals surface area contributed by atoms with Gasteiger partial charge in [0.1, 0.15) is 17.3 Å². The molecular formula is C20H28N2O5S. The molecule has 0 aliphatic heterocycles. The van der Waals surface area contributed by atoms with Crippen LogP contribution < -0.4 is 24.7 Å². The van der Waals surface area contributed by atoms with Gasteiger partial charge in [0.15, 0.2) is 11.5 Å². The molecule has 0 unspecified atom stereocenters. The number of para-hydroxylation sites is 2. The first-order valence-electron chi connectivity index (χ1n) is 13.5. The van der Waals surface area contributed by atoms with E-state index >= 15 is 0 Å². The summed E-state index contributed by atoms with van der Waals surface area (Å²) in [6.45, 7) is -8.30. The van der Waals surface area contributed by atoms with Gasteiger partial charge >= 0.3 is 0 Å². The third-order valence-electron chi connectivity index (χ3n) is 3.49. The second-order valence-corrected chi connectivity index (χ2v) is 7.14. The van der Waals surface area contributed by atoms with Crippen LogP contribution >= 0.6 is 0 Å². The van der Waals surface area contributed by atoms with Crippen molar-refractivity contribution in [2.75, 3.05) is 26.8 Å². The van der Waals surface area contributed by atoms with Crippen LogP contribution in [-0.4, -0.2) is 41.2 Å². The average Bonchev–Trinajstić information content (AvgIpc) is 2.79. The van der Waals surface area contributed by atoms with Crippen molar-refractivity contribution in [3.8, 4) is 17.2 Å². The van der Waals surface area contributed by atoms with Crippen LogP contribution in [0.25, 0.3) is 0 Å². The van der Waals surface area contributed by atoms with Crippen LogP contribution in [0.3, 0.4) is 0 Å². The van der Waals surface area contributed by atoms with E-state index in [0.717, 1.165) is 0 Å². The van der Waals surface area contributed by atoms with Crippen LogP contribution in [0.15, 0.2) is 47.3 Å². The van der Waals surface area contributed by atoms with Crippen molar-refractivity contribution < 1.29 is 37.7 Å². The van der Waals surface area contributed by atoms with Gasteiger partial charge in [0.2, 0.25) is 10.0 Å². The van der Waals surface area contributed by atoms with Crippen molar-refractivity contribution in [2.45, 2.75) is 31.1 Å². The lowest BCUT2D eigenvalue weighted by molar-refractivity contribution is 0.272. The van der Waals surface area contributed by atoms with Gasteiger partial charge in [0.05, 0.1) is 21.9 Å². The molecule has 7 nitrogen and oxygen atoms in total. The average molecular weight is 420 g/mol. The smallest absolute Gasteiger partial charge is 0.241 e. The predicted octanol–water partition coefficient (Wildman–Crippen LogP) is 2.34. The Morgan fingerprint density at radius 1 is 1.25 bits per heavy atom. The molecule has 0 radical (unpaired) electrons. The molecule has 0 spiro atoms. The normalized spacial score (nSPS) is 19.6. The van der Waals surface area contributed by atoms with E-state index in [2.05, 4.69) is 5.32 Å². The third-order valence-corrected chi connectivity index (χ3v) is 4.42. The van der Waals surface area contributed by atoms with Crippen LogP contribution in [-0.2, 0) is 16.4 Å². The standard InChI is InChI=1S/C20H28N2O5S/c1-4-26-17-7-5-6-8-18(17)27-12-11-22-15(2)13-16-9-10-19(25-3)20(14-16)28(21,23)24/h5-10,14-15,22H,4,11-13H2,1-3H3,(H2,21,23,24)/t15-/m1/s1/i1D3,4D2,5D,6D,7D,8D,11D2. The summed E-state index contributed by atoms with van der Waals surface area (Å²) in [5.41, 5.74) is 0.483. The minimum Gasteiger partial charge on any atom is -0.495 e. The van der Waals surface area contributed by atoms with Crippen molar-refractivity contribution in [3.05, 3.63) is 47.9 Å². The van der Waals surface area contributed by atoms with Gasteiger partial charge in [-0.2, -0.15) is 0 Å². The van der Waals surface area contributed by atoms with E-state index in [1.165, 1.54) is 19.2 Å². The fraction of sp³-hybridized carbons (Fsp3) is 0.400.